The third kappa shape index (κ3) is 4.35. The van der Waals surface area contributed by atoms with E-state index in [1.807, 2.05) is 56.3 Å². The maximum Gasteiger partial charge on any atom is 0.255 e. The number of rotatable bonds is 6. The predicted octanol–water partition coefficient (Wildman–Crippen LogP) is 4.73. The number of carbonyl (C=O) groups excluding carboxylic acids is 1. The molecule has 3 nitrogen and oxygen atoms in total. The number of ether oxygens (including phenoxy) is 1. The average Bonchev–Trinajstić information content (AvgIpc) is 2.52. The Morgan fingerprint density at radius 1 is 1.05 bits per heavy atom. The van der Waals surface area contributed by atoms with Crippen LogP contribution in [0.25, 0.3) is 0 Å². The summed E-state index contributed by atoms with van der Waals surface area (Å²) in [5.74, 6) is 0.736. The molecule has 0 saturated heterocycles. The molecule has 0 unspecified atom stereocenters. The second kappa shape index (κ2) is 7.64. The second-order valence-corrected chi connectivity index (χ2v) is 5.48. The first-order valence-electron chi connectivity index (χ1n) is 7.71. The third-order valence-electron chi connectivity index (χ3n) is 3.65. The van der Waals surface area contributed by atoms with Crippen LogP contribution in [0.4, 0.5) is 5.69 Å². The van der Waals surface area contributed by atoms with Gasteiger partial charge in [-0.25, -0.2) is 0 Å². The van der Waals surface area contributed by atoms with E-state index in [9.17, 15) is 4.79 Å². The number of aryl methyl sites for hydroxylation is 2. The average molecular weight is 297 g/mol. The van der Waals surface area contributed by atoms with E-state index >= 15 is 0 Å². The highest BCUT2D eigenvalue weighted by molar-refractivity contribution is 6.04. The summed E-state index contributed by atoms with van der Waals surface area (Å²) in [5.41, 5.74) is 3.75. The Balaban J connectivity index is 1.97. The number of hydrogen-bond donors (Lipinski definition) is 1. The van der Waals surface area contributed by atoms with E-state index in [4.69, 9.17) is 4.74 Å². The second-order valence-electron chi connectivity index (χ2n) is 5.48. The van der Waals surface area contributed by atoms with Crippen LogP contribution < -0.4 is 10.1 Å². The summed E-state index contributed by atoms with van der Waals surface area (Å²) in [4.78, 5) is 12.2. The van der Waals surface area contributed by atoms with E-state index in [-0.39, 0.29) is 5.91 Å². The molecule has 0 aliphatic carbocycles. The highest BCUT2D eigenvalue weighted by Crippen LogP contribution is 2.17. The van der Waals surface area contributed by atoms with Crippen molar-refractivity contribution in [3.63, 3.8) is 0 Å². The summed E-state index contributed by atoms with van der Waals surface area (Å²) in [6, 6.07) is 13.2. The van der Waals surface area contributed by atoms with Crippen molar-refractivity contribution in [2.24, 2.45) is 0 Å². The molecule has 0 aromatic heterocycles. The third-order valence-corrected chi connectivity index (χ3v) is 3.65. The largest absolute Gasteiger partial charge is 0.494 e. The van der Waals surface area contributed by atoms with Crippen molar-refractivity contribution < 1.29 is 9.53 Å². The van der Waals surface area contributed by atoms with Gasteiger partial charge in [-0.2, -0.15) is 0 Å². The van der Waals surface area contributed by atoms with E-state index < -0.39 is 0 Å². The Kier molecular flexibility index (Phi) is 5.59. The molecular weight excluding hydrogens is 274 g/mol. The monoisotopic (exact) mass is 297 g/mol. The quantitative estimate of drug-likeness (QED) is 0.782. The molecule has 0 aliphatic heterocycles. The van der Waals surface area contributed by atoms with E-state index in [2.05, 4.69) is 12.2 Å². The fraction of sp³-hybridized carbons (Fsp3) is 0.316. The van der Waals surface area contributed by atoms with Crippen LogP contribution >= 0.6 is 0 Å². The molecule has 0 aliphatic rings. The van der Waals surface area contributed by atoms with E-state index in [1.54, 1.807) is 0 Å². The number of carbonyl (C=O) groups is 1. The lowest BCUT2D eigenvalue weighted by Gasteiger charge is -2.09. The van der Waals surface area contributed by atoms with Crippen LogP contribution in [-0.2, 0) is 0 Å². The molecule has 22 heavy (non-hydrogen) atoms. The van der Waals surface area contributed by atoms with Gasteiger partial charge in [0.05, 0.1) is 6.61 Å². The summed E-state index contributed by atoms with van der Waals surface area (Å²) in [6.45, 7) is 6.91. The number of benzene rings is 2. The van der Waals surface area contributed by atoms with Gasteiger partial charge in [-0.1, -0.05) is 19.4 Å². The van der Waals surface area contributed by atoms with Gasteiger partial charge in [0.1, 0.15) is 5.75 Å². The molecule has 2 aromatic carbocycles. The van der Waals surface area contributed by atoms with Gasteiger partial charge in [0.25, 0.3) is 5.91 Å². The molecule has 0 atom stereocenters. The number of anilines is 1. The fourth-order valence-electron chi connectivity index (χ4n) is 2.05. The van der Waals surface area contributed by atoms with Gasteiger partial charge in [-0.05, 0) is 67.8 Å². The first-order chi connectivity index (χ1) is 10.6. The summed E-state index contributed by atoms with van der Waals surface area (Å²) >= 11 is 0. The van der Waals surface area contributed by atoms with Crippen molar-refractivity contribution in [3.8, 4) is 5.75 Å². The molecule has 2 aromatic rings. The van der Waals surface area contributed by atoms with Crippen LogP contribution in [0.1, 0.15) is 41.3 Å². The number of amides is 1. The zero-order chi connectivity index (χ0) is 15.9. The lowest BCUT2D eigenvalue weighted by molar-refractivity contribution is 0.102. The van der Waals surface area contributed by atoms with Crippen LogP contribution in [0, 0.1) is 13.8 Å². The minimum atomic E-state index is -0.0947. The maximum absolute atomic E-state index is 12.2. The van der Waals surface area contributed by atoms with Gasteiger partial charge in [-0.15, -0.1) is 0 Å². The minimum absolute atomic E-state index is 0.0947. The van der Waals surface area contributed by atoms with Crippen molar-refractivity contribution >= 4 is 11.6 Å². The zero-order valence-corrected chi connectivity index (χ0v) is 13.5. The fourth-order valence-corrected chi connectivity index (χ4v) is 2.05. The summed E-state index contributed by atoms with van der Waals surface area (Å²) in [7, 11) is 0. The Hall–Kier alpha value is -2.29. The Labute approximate surface area is 132 Å². The normalized spacial score (nSPS) is 10.3. The summed E-state index contributed by atoms with van der Waals surface area (Å²) in [5, 5.41) is 2.90. The molecule has 0 fully saturated rings. The van der Waals surface area contributed by atoms with E-state index in [1.165, 1.54) is 5.56 Å². The molecule has 3 heteroatoms. The molecular formula is C19H23NO2. The number of hydrogen-bond acceptors (Lipinski definition) is 2. The lowest BCUT2D eigenvalue weighted by atomic mass is 10.1. The standard InChI is InChI=1S/C19H23NO2/c1-4-5-12-22-18-10-8-17(9-11-18)20-19(21)16-7-6-14(2)15(3)13-16/h6-11,13H,4-5,12H2,1-3H3,(H,20,21). The molecule has 116 valence electrons. The van der Waals surface area contributed by atoms with Gasteiger partial charge in [-0.3, -0.25) is 4.79 Å². The molecule has 1 amide bonds. The van der Waals surface area contributed by atoms with Gasteiger partial charge in [0, 0.05) is 11.3 Å². The highest BCUT2D eigenvalue weighted by atomic mass is 16.5. The summed E-state index contributed by atoms with van der Waals surface area (Å²) < 4.78 is 5.61. The Bertz CT molecular complexity index is 632. The van der Waals surface area contributed by atoms with E-state index in [0.717, 1.165) is 36.4 Å². The van der Waals surface area contributed by atoms with Crippen molar-refractivity contribution in [2.75, 3.05) is 11.9 Å². The van der Waals surface area contributed by atoms with Crippen LogP contribution in [0.3, 0.4) is 0 Å². The number of nitrogens with one attached hydrogen (secondary N) is 1. The molecule has 0 heterocycles. The van der Waals surface area contributed by atoms with Crippen molar-refractivity contribution in [2.45, 2.75) is 33.6 Å². The molecule has 0 saturated carbocycles. The topological polar surface area (TPSA) is 38.3 Å². The first-order valence-corrected chi connectivity index (χ1v) is 7.71. The van der Waals surface area contributed by atoms with Crippen LogP contribution in [-0.4, -0.2) is 12.5 Å². The Morgan fingerprint density at radius 3 is 2.41 bits per heavy atom. The van der Waals surface area contributed by atoms with Gasteiger partial charge in [0.15, 0.2) is 0 Å². The molecule has 0 spiro atoms. The maximum atomic E-state index is 12.2. The number of unbranched alkanes of at least 4 members (excludes halogenated alkanes) is 1. The summed E-state index contributed by atoms with van der Waals surface area (Å²) in [6.07, 6.45) is 2.16. The van der Waals surface area contributed by atoms with Gasteiger partial charge in [0.2, 0.25) is 0 Å². The molecule has 2 rings (SSSR count). The Morgan fingerprint density at radius 2 is 1.77 bits per heavy atom. The minimum Gasteiger partial charge on any atom is -0.494 e. The predicted molar refractivity (Wildman–Crippen MR) is 90.7 cm³/mol. The highest BCUT2D eigenvalue weighted by Gasteiger charge is 2.07. The van der Waals surface area contributed by atoms with Crippen molar-refractivity contribution in [1.82, 2.24) is 0 Å². The van der Waals surface area contributed by atoms with Crippen LogP contribution in [0.2, 0.25) is 0 Å². The molecule has 0 radical (unpaired) electrons. The van der Waals surface area contributed by atoms with Crippen LogP contribution in [0.5, 0.6) is 5.75 Å². The lowest BCUT2D eigenvalue weighted by Crippen LogP contribution is -2.12. The van der Waals surface area contributed by atoms with Crippen LogP contribution in [0.15, 0.2) is 42.5 Å². The zero-order valence-electron chi connectivity index (χ0n) is 13.5. The van der Waals surface area contributed by atoms with Gasteiger partial charge < -0.3 is 10.1 Å². The van der Waals surface area contributed by atoms with E-state index in [0.29, 0.717) is 5.56 Å². The van der Waals surface area contributed by atoms with Gasteiger partial charge >= 0.3 is 0 Å². The SMILES string of the molecule is CCCCOc1ccc(NC(=O)c2ccc(C)c(C)c2)cc1. The van der Waals surface area contributed by atoms with Crippen molar-refractivity contribution in [1.29, 1.82) is 0 Å². The molecule has 1 N–H and O–H groups in total. The first kappa shape index (κ1) is 16.1. The smallest absolute Gasteiger partial charge is 0.255 e. The van der Waals surface area contributed by atoms with Crippen molar-refractivity contribution in [3.05, 3.63) is 59.2 Å². The molecule has 0 bridgehead atoms.